The van der Waals surface area contributed by atoms with Crippen molar-refractivity contribution in [3.8, 4) is 0 Å². The Morgan fingerprint density at radius 2 is 1.41 bits per heavy atom. The largest absolute Gasteiger partial charge is 0.447 e. The van der Waals surface area contributed by atoms with Gasteiger partial charge >= 0.3 is 0 Å². The van der Waals surface area contributed by atoms with Crippen LogP contribution in [0.2, 0.25) is 0 Å². The summed E-state index contributed by atoms with van der Waals surface area (Å²) in [5.41, 5.74) is 0.542. The van der Waals surface area contributed by atoms with Crippen LogP contribution in [0.15, 0.2) is 46.9 Å². The summed E-state index contributed by atoms with van der Waals surface area (Å²) in [4.78, 5) is 26.6. The number of carbonyl (C=O) groups is 2. The summed E-state index contributed by atoms with van der Waals surface area (Å²) in [5.74, 6) is -0.0406. The first-order valence-electron chi connectivity index (χ1n) is 7.44. The van der Waals surface area contributed by atoms with Crippen LogP contribution in [0.25, 0.3) is 0 Å². The van der Waals surface area contributed by atoms with Gasteiger partial charge in [0.25, 0.3) is 5.91 Å². The van der Waals surface area contributed by atoms with Crippen molar-refractivity contribution in [2.45, 2.75) is 39.8 Å². The quantitative estimate of drug-likeness (QED) is 0.790. The Morgan fingerprint density at radius 3 is 1.95 bits per heavy atom. The zero-order valence-corrected chi connectivity index (χ0v) is 13.4. The fraction of sp³-hybridized carbons (Fsp3) is 0.333. The van der Waals surface area contributed by atoms with E-state index < -0.39 is 0 Å². The minimum absolute atomic E-state index is 0.0610. The van der Waals surface area contributed by atoms with Crippen molar-refractivity contribution in [3.63, 3.8) is 0 Å². The molecule has 0 aliphatic heterocycles. The molecule has 4 nitrogen and oxygen atoms in total. The van der Waals surface area contributed by atoms with E-state index in [1.807, 2.05) is 33.8 Å². The number of hydrogen-bond donors (Lipinski definition) is 0. The summed E-state index contributed by atoms with van der Waals surface area (Å²) in [6.45, 7) is 7.82. The standard InChI is InChI=1S/C18H21NO3/c1-12(2)19(13(3)4)18(21)16-11-10-15(22-16)17(20)14-8-6-5-7-9-14/h5-13H,1-4H3. The van der Waals surface area contributed by atoms with E-state index in [9.17, 15) is 9.59 Å². The maximum absolute atomic E-state index is 12.5. The second-order valence-corrected chi connectivity index (χ2v) is 5.76. The van der Waals surface area contributed by atoms with Gasteiger partial charge in [-0.2, -0.15) is 0 Å². The average molecular weight is 299 g/mol. The number of benzene rings is 1. The summed E-state index contributed by atoms with van der Waals surface area (Å²) in [7, 11) is 0. The fourth-order valence-electron chi connectivity index (χ4n) is 2.50. The molecule has 0 fully saturated rings. The van der Waals surface area contributed by atoms with Crippen LogP contribution in [0.3, 0.4) is 0 Å². The third-order valence-corrected chi connectivity index (χ3v) is 3.42. The molecule has 1 aromatic heterocycles. The van der Waals surface area contributed by atoms with Crippen molar-refractivity contribution in [1.29, 1.82) is 0 Å². The molecule has 0 aliphatic rings. The van der Waals surface area contributed by atoms with Crippen molar-refractivity contribution in [1.82, 2.24) is 4.90 Å². The van der Waals surface area contributed by atoms with Crippen molar-refractivity contribution in [2.75, 3.05) is 0 Å². The van der Waals surface area contributed by atoms with Crippen LogP contribution in [0.5, 0.6) is 0 Å². The number of hydrogen-bond acceptors (Lipinski definition) is 3. The fourth-order valence-corrected chi connectivity index (χ4v) is 2.50. The number of ketones is 1. The summed E-state index contributed by atoms with van der Waals surface area (Å²) in [5, 5.41) is 0. The number of furan rings is 1. The van der Waals surface area contributed by atoms with E-state index >= 15 is 0 Å². The Hall–Kier alpha value is -2.36. The van der Waals surface area contributed by atoms with E-state index in [2.05, 4.69) is 0 Å². The van der Waals surface area contributed by atoms with Gasteiger partial charge in [0.1, 0.15) is 0 Å². The lowest BCUT2D eigenvalue weighted by Crippen LogP contribution is -2.41. The minimum atomic E-state index is -0.222. The van der Waals surface area contributed by atoms with Crippen molar-refractivity contribution in [2.24, 2.45) is 0 Å². The van der Waals surface area contributed by atoms with E-state index in [-0.39, 0.29) is 35.3 Å². The Balaban J connectivity index is 2.24. The van der Waals surface area contributed by atoms with Crippen LogP contribution in [0.4, 0.5) is 0 Å². The van der Waals surface area contributed by atoms with Gasteiger partial charge in [0, 0.05) is 17.6 Å². The van der Waals surface area contributed by atoms with Gasteiger partial charge in [-0.15, -0.1) is 0 Å². The molecule has 1 aromatic carbocycles. The van der Waals surface area contributed by atoms with Gasteiger partial charge in [-0.1, -0.05) is 30.3 Å². The lowest BCUT2D eigenvalue weighted by atomic mass is 10.1. The van der Waals surface area contributed by atoms with Gasteiger partial charge in [-0.05, 0) is 39.8 Å². The van der Waals surface area contributed by atoms with Gasteiger partial charge in [0.2, 0.25) is 5.78 Å². The first-order chi connectivity index (χ1) is 10.4. The first kappa shape index (κ1) is 16.0. The second kappa shape index (κ2) is 6.60. The molecule has 1 heterocycles. The van der Waals surface area contributed by atoms with Crippen molar-refractivity contribution >= 4 is 11.7 Å². The van der Waals surface area contributed by atoms with E-state index in [1.54, 1.807) is 41.3 Å². The maximum atomic E-state index is 12.5. The molecule has 22 heavy (non-hydrogen) atoms. The topological polar surface area (TPSA) is 50.5 Å². The molecule has 1 amide bonds. The summed E-state index contributed by atoms with van der Waals surface area (Å²) in [6.07, 6.45) is 0. The molecule has 0 spiro atoms. The highest BCUT2D eigenvalue weighted by Crippen LogP contribution is 2.17. The number of rotatable bonds is 5. The van der Waals surface area contributed by atoms with Crippen LogP contribution in [-0.4, -0.2) is 28.7 Å². The lowest BCUT2D eigenvalue weighted by molar-refractivity contribution is 0.0609. The zero-order chi connectivity index (χ0) is 16.3. The van der Waals surface area contributed by atoms with Crippen molar-refractivity contribution in [3.05, 3.63) is 59.5 Å². The van der Waals surface area contributed by atoms with Crippen LogP contribution >= 0.6 is 0 Å². The normalized spacial score (nSPS) is 11.0. The highest BCUT2D eigenvalue weighted by molar-refractivity contribution is 6.07. The monoisotopic (exact) mass is 299 g/mol. The molecular weight excluding hydrogens is 278 g/mol. The zero-order valence-electron chi connectivity index (χ0n) is 13.4. The van der Waals surface area contributed by atoms with Crippen LogP contribution in [0, 0.1) is 0 Å². The van der Waals surface area contributed by atoms with Crippen LogP contribution < -0.4 is 0 Å². The third-order valence-electron chi connectivity index (χ3n) is 3.42. The van der Waals surface area contributed by atoms with Gasteiger partial charge in [-0.25, -0.2) is 0 Å². The molecule has 0 N–H and O–H groups in total. The van der Waals surface area contributed by atoms with Gasteiger partial charge in [-0.3, -0.25) is 9.59 Å². The van der Waals surface area contributed by atoms with E-state index in [4.69, 9.17) is 4.42 Å². The molecular formula is C18H21NO3. The summed E-state index contributed by atoms with van der Waals surface area (Å²) >= 11 is 0. The van der Waals surface area contributed by atoms with E-state index in [0.717, 1.165) is 0 Å². The SMILES string of the molecule is CC(C)N(C(=O)c1ccc(C(=O)c2ccccc2)o1)C(C)C. The molecule has 2 rings (SSSR count). The van der Waals surface area contributed by atoms with E-state index in [1.165, 1.54) is 0 Å². The Morgan fingerprint density at radius 1 is 0.864 bits per heavy atom. The summed E-state index contributed by atoms with van der Waals surface area (Å²) in [6, 6.07) is 12.1. The molecule has 0 saturated carbocycles. The first-order valence-corrected chi connectivity index (χ1v) is 7.44. The van der Waals surface area contributed by atoms with Crippen LogP contribution in [0.1, 0.15) is 54.4 Å². The lowest BCUT2D eigenvalue weighted by Gasteiger charge is -2.29. The van der Waals surface area contributed by atoms with Gasteiger partial charge in [0.15, 0.2) is 11.5 Å². The third kappa shape index (κ3) is 3.27. The maximum Gasteiger partial charge on any atom is 0.290 e. The molecule has 0 radical (unpaired) electrons. The number of nitrogens with zero attached hydrogens (tertiary/aromatic N) is 1. The Labute approximate surface area is 130 Å². The highest BCUT2D eigenvalue weighted by atomic mass is 16.4. The highest BCUT2D eigenvalue weighted by Gasteiger charge is 2.25. The summed E-state index contributed by atoms with van der Waals surface area (Å²) < 4.78 is 5.50. The molecule has 4 heteroatoms. The molecule has 0 saturated heterocycles. The Bertz CT molecular complexity index is 648. The molecule has 0 unspecified atom stereocenters. The van der Waals surface area contributed by atoms with Gasteiger partial charge < -0.3 is 9.32 Å². The second-order valence-electron chi connectivity index (χ2n) is 5.76. The van der Waals surface area contributed by atoms with Crippen molar-refractivity contribution < 1.29 is 14.0 Å². The minimum Gasteiger partial charge on any atom is -0.447 e. The predicted octanol–water partition coefficient (Wildman–Crippen LogP) is 3.77. The van der Waals surface area contributed by atoms with Gasteiger partial charge in [0.05, 0.1) is 0 Å². The smallest absolute Gasteiger partial charge is 0.290 e. The predicted molar refractivity (Wildman–Crippen MR) is 85.0 cm³/mol. The van der Waals surface area contributed by atoms with Crippen LogP contribution in [-0.2, 0) is 0 Å². The molecule has 0 aliphatic carbocycles. The average Bonchev–Trinajstić information content (AvgIpc) is 2.96. The number of carbonyl (C=O) groups excluding carboxylic acids is 2. The molecule has 0 bridgehead atoms. The molecule has 0 atom stereocenters. The van der Waals surface area contributed by atoms with E-state index in [0.29, 0.717) is 5.56 Å². The number of amides is 1. The molecule has 2 aromatic rings. The molecule has 116 valence electrons. The Kier molecular flexibility index (Phi) is 4.81.